The lowest BCUT2D eigenvalue weighted by Gasteiger charge is -2.20. The molecule has 1 aromatic carbocycles. The van der Waals surface area contributed by atoms with Crippen LogP contribution in [-0.4, -0.2) is 10.2 Å². The van der Waals surface area contributed by atoms with Crippen molar-refractivity contribution >= 4 is 34.5 Å². The first kappa shape index (κ1) is 8.49. The number of hydrogen-bond donors (Lipinski definition) is 2. The fraction of sp³-hybridized carbons (Fsp3) is 0. The topological polar surface area (TPSA) is 49.8 Å². The van der Waals surface area contributed by atoms with Crippen molar-refractivity contribution in [1.82, 2.24) is 10.2 Å². The van der Waals surface area contributed by atoms with Gasteiger partial charge in [0.2, 0.25) is 0 Å². The molecule has 0 amide bonds. The van der Waals surface area contributed by atoms with Crippen LogP contribution >= 0.6 is 11.6 Å². The summed E-state index contributed by atoms with van der Waals surface area (Å²) < 4.78 is 0. The van der Waals surface area contributed by atoms with E-state index in [1.54, 1.807) is 6.07 Å². The number of halogens is 1. The maximum Gasteiger partial charge on any atom is 0.177 e. The predicted molar refractivity (Wildman–Crippen MR) is 60.0 cm³/mol. The second-order valence-corrected chi connectivity index (χ2v) is 3.61. The molecule has 1 aromatic heterocycles. The van der Waals surface area contributed by atoms with Crippen molar-refractivity contribution in [3.63, 3.8) is 0 Å². The maximum absolute atomic E-state index is 5.76. The van der Waals surface area contributed by atoms with E-state index in [9.17, 15) is 0 Å². The van der Waals surface area contributed by atoms with E-state index in [0.717, 1.165) is 17.1 Å². The van der Waals surface area contributed by atoms with E-state index in [1.807, 2.05) is 24.3 Å². The molecule has 2 N–H and O–H groups in total. The summed E-state index contributed by atoms with van der Waals surface area (Å²) in [5.41, 5.74) is 2.84. The van der Waals surface area contributed by atoms with E-state index in [-0.39, 0.29) is 0 Å². The fourth-order valence-electron chi connectivity index (χ4n) is 1.53. The summed E-state index contributed by atoms with van der Waals surface area (Å²) in [4.78, 5) is 0. The summed E-state index contributed by atoms with van der Waals surface area (Å²) in [5.74, 6) is 0.693. The third-order valence-corrected chi connectivity index (χ3v) is 2.40. The molecule has 1 aliphatic rings. The van der Waals surface area contributed by atoms with Crippen LogP contribution in [0.4, 0.5) is 22.9 Å². The minimum Gasteiger partial charge on any atom is -0.351 e. The number of anilines is 4. The molecule has 0 atom stereocenters. The molecule has 1 aliphatic heterocycles. The van der Waals surface area contributed by atoms with E-state index in [0.29, 0.717) is 11.0 Å². The first-order valence-corrected chi connectivity index (χ1v) is 4.87. The number of fused-ring (bicyclic) bond motifs is 2. The van der Waals surface area contributed by atoms with Gasteiger partial charge in [0.15, 0.2) is 11.0 Å². The molecule has 0 unspecified atom stereocenters. The predicted octanol–water partition coefficient (Wildman–Crippen LogP) is 2.93. The monoisotopic (exact) mass is 218 g/mol. The average Bonchev–Trinajstić information content (AvgIpc) is 2.26. The van der Waals surface area contributed by atoms with E-state index in [2.05, 4.69) is 20.8 Å². The number of benzene rings is 1. The molecule has 5 heteroatoms. The first-order valence-electron chi connectivity index (χ1n) is 4.49. The van der Waals surface area contributed by atoms with E-state index in [1.165, 1.54) is 0 Å². The molecule has 0 radical (unpaired) electrons. The summed E-state index contributed by atoms with van der Waals surface area (Å²) in [6.07, 6.45) is 0. The van der Waals surface area contributed by atoms with Gasteiger partial charge in [-0.15, -0.1) is 10.2 Å². The van der Waals surface area contributed by atoms with Gasteiger partial charge in [0.1, 0.15) is 0 Å². The third kappa shape index (κ3) is 1.39. The van der Waals surface area contributed by atoms with Crippen LogP contribution in [0.1, 0.15) is 0 Å². The van der Waals surface area contributed by atoms with Crippen LogP contribution < -0.4 is 10.6 Å². The lowest BCUT2D eigenvalue weighted by molar-refractivity contribution is 1.03. The smallest absolute Gasteiger partial charge is 0.177 e. The second-order valence-electron chi connectivity index (χ2n) is 3.22. The van der Waals surface area contributed by atoms with Crippen LogP contribution in [0, 0.1) is 0 Å². The van der Waals surface area contributed by atoms with Crippen molar-refractivity contribution in [3.8, 4) is 0 Å². The number of hydrogen-bond acceptors (Lipinski definition) is 4. The lowest BCUT2D eigenvalue weighted by Crippen LogP contribution is -2.08. The molecule has 4 nitrogen and oxygen atoms in total. The SMILES string of the molecule is Clc1cc2c(nn1)Nc1ccccc1N2. The number of para-hydroxylation sites is 2. The largest absolute Gasteiger partial charge is 0.351 e. The zero-order chi connectivity index (χ0) is 10.3. The third-order valence-electron chi connectivity index (χ3n) is 2.21. The molecular weight excluding hydrogens is 212 g/mol. The molecule has 3 rings (SSSR count). The van der Waals surface area contributed by atoms with Gasteiger partial charge in [0, 0.05) is 6.07 Å². The highest BCUT2D eigenvalue weighted by Gasteiger charge is 2.15. The van der Waals surface area contributed by atoms with E-state index >= 15 is 0 Å². The Hall–Kier alpha value is -1.81. The van der Waals surface area contributed by atoms with Crippen LogP contribution in [0.3, 0.4) is 0 Å². The van der Waals surface area contributed by atoms with Crippen LogP contribution in [-0.2, 0) is 0 Å². The zero-order valence-corrected chi connectivity index (χ0v) is 8.42. The van der Waals surface area contributed by atoms with Crippen LogP contribution in [0.25, 0.3) is 0 Å². The van der Waals surface area contributed by atoms with Gasteiger partial charge >= 0.3 is 0 Å². The van der Waals surface area contributed by atoms with Gasteiger partial charge in [-0.3, -0.25) is 0 Å². The molecule has 0 saturated carbocycles. The number of rotatable bonds is 0. The molecule has 0 fully saturated rings. The molecule has 0 spiro atoms. The minimum atomic E-state index is 0.377. The van der Waals surface area contributed by atoms with Gasteiger partial charge in [-0.1, -0.05) is 23.7 Å². The van der Waals surface area contributed by atoms with Crippen LogP contribution in [0.5, 0.6) is 0 Å². The Morgan fingerprint density at radius 2 is 1.67 bits per heavy atom. The quantitative estimate of drug-likeness (QED) is 0.609. The molecule has 2 aromatic rings. The Kier molecular flexibility index (Phi) is 1.76. The molecule has 74 valence electrons. The van der Waals surface area contributed by atoms with Crippen molar-refractivity contribution in [3.05, 3.63) is 35.5 Å². The second kappa shape index (κ2) is 3.10. The highest BCUT2D eigenvalue weighted by molar-refractivity contribution is 6.29. The summed E-state index contributed by atoms with van der Waals surface area (Å²) in [5, 5.41) is 14.5. The van der Waals surface area contributed by atoms with Crippen molar-refractivity contribution in [2.75, 3.05) is 10.6 Å². The highest BCUT2D eigenvalue weighted by Crippen LogP contribution is 2.36. The molecule has 2 heterocycles. The molecule has 0 aliphatic carbocycles. The van der Waals surface area contributed by atoms with E-state index in [4.69, 9.17) is 11.6 Å². The van der Waals surface area contributed by atoms with Crippen molar-refractivity contribution in [1.29, 1.82) is 0 Å². The van der Waals surface area contributed by atoms with Crippen LogP contribution in [0.15, 0.2) is 30.3 Å². The van der Waals surface area contributed by atoms with Crippen molar-refractivity contribution < 1.29 is 0 Å². The standard InChI is InChI=1S/C10H7ClN4/c11-9-5-8-10(15-14-9)13-7-4-2-1-3-6(7)12-8/h1-5,12H,(H,13,15). The minimum absolute atomic E-state index is 0.377. The molecule has 15 heavy (non-hydrogen) atoms. The summed E-state index contributed by atoms with van der Waals surface area (Å²) in [6.45, 7) is 0. The van der Waals surface area contributed by atoms with Crippen molar-refractivity contribution in [2.45, 2.75) is 0 Å². The molecule has 0 saturated heterocycles. The highest BCUT2D eigenvalue weighted by atomic mass is 35.5. The normalized spacial score (nSPS) is 12.1. The van der Waals surface area contributed by atoms with Gasteiger partial charge in [0.25, 0.3) is 0 Å². The van der Waals surface area contributed by atoms with Gasteiger partial charge in [-0.2, -0.15) is 0 Å². The lowest BCUT2D eigenvalue weighted by atomic mass is 10.2. The van der Waals surface area contributed by atoms with Gasteiger partial charge in [-0.05, 0) is 12.1 Å². The number of aromatic nitrogens is 2. The number of nitrogens with one attached hydrogen (secondary N) is 2. The Balaban J connectivity index is 2.11. The Morgan fingerprint density at radius 1 is 0.933 bits per heavy atom. The summed E-state index contributed by atoms with van der Waals surface area (Å²) in [6, 6.07) is 9.63. The Morgan fingerprint density at radius 3 is 2.47 bits per heavy atom. The Labute approximate surface area is 91.3 Å². The fourth-order valence-corrected chi connectivity index (χ4v) is 1.68. The molecular formula is C10H7ClN4. The average molecular weight is 219 g/mol. The van der Waals surface area contributed by atoms with Crippen LogP contribution in [0.2, 0.25) is 5.15 Å². The van der Waals surface area contributed by atoms with E-state index < -0.39 is 0 Å². The summed E-state index contributed by atoms with van der Waals surface area (Å²) >= 11 is 5.76. The van der Waals surface area contributed by atoms with Crippen molar-refractivity contribution in [2.24, 2.45) is 0 Å². The molecule has 0 bridgehead atoms. The Bertz CT molecular complexity index is 527. The van der Waals surface area contributed by atoms with Gasteiger partial charge in [0.05, 0.1) is 17.1 Å². The van der Waals surface area contributed by atoms with Gasteiger partial charge in [-0.25, -0.2) is 0 Å². The summed E-state index contributed by atoms with van der Waals surface area (Å²) in [7, 11) is 0. The maximum atomic E-state index is 5.76. The zero-order valence-electron chi connectivity index (χ0n) is 7.66. The first-order chi connectivity index (χ1) is 7.33. The number of nitrogens with zero attached hydrogens (tertiary/aromatic N) is 2. The van der Waals surface area contributed by atoms with Gasteiger partial charge < -0.3 is 10.6 Å².